The second-order valence-electron chi connectivity index (χ2n) is 12.4. The van der Waals surface area contributed by atoms with E-state index < -0.39 is 54.0 Å². The van der Waals surface area contributed by atoms with E-state index in [4.69, 9.17) is 4.74 Å². The van der Waals surface area contributed by atoms with Crippen LogP contribution in [0.4, 0.5) is 17.6 Å². The summed E-state index contributed by atoms with van der Waals surface area (Å²) in [6, 6.07) is 0.521. The summed E-state index contributed by atoms with van der Waals surface area (Å²) < 4.78 is 61.8. The van der Waals surface area contributed by atoms with E-state index in [1.165, 1.54) is 25.3 Å². The second-order valence-corrected chi connectivity index (χ2v) is 12.4. The SMILES string of the molecule is O=C(O)[C@@H]1CC(O)(C(F)(F)F)CN1C(=O)c1cc(C2CC2)c(OCC23CC4CC(CC(C4)C2)C3)cc1F. The number of benzene rings is 1. The Labute approximate surface area is 212 Å². The Balaban J connectivity index is 1.25. The van der Waals surface area contributed by atoms with Gasteiger partial charge >= 0.3 is 12.1 Å². The van der Waals surface area contributed by atoms with Gasteiger partial charge in [-0.25, -0.2) is 9.18 Å². The number of hydrogen-bond donors (Lipinski definition) is 2. The molecule has 1 unspecified atom stereocenters. The van der Waals surface area contributed by atoms with Crippen molar-refractivity contribution in [2.24, 2.45) is 23.2 Å². The topological polar surface area (TPSA) is 87.1 Å². The molecular weight excluding hydrogens is 494 g/mol. The maximum atomic E-state index is 15.3. The zero-order chi connectivity index (χ0) is 26.3. The summed E-state index contributed by atoms with van der Waals surface area (Å²) in [7, 11) is 0. The molecule has 2 N–H and O–H groups in total. The molecule has 6 nitrogen and oxygen atoms in total. The van der Waals surface area contributed by atoms with Crippen LogP contribution in [0.25, 0.3) is 0 Å². The fourth-order valence-corrected chi connectivity index (χ4v) is 7.95. The summed E-state index contributed by atoms with van der Waals surface area (Å²) in [5.41, 5.74) is -3.15. The van der Waals surface area contributed by atoms with Crippen molar-refractivity contribution >= 4 is 11.9 Å². The van der Waals surface area contributed by atoms with Crippen molar-refractivity contribution in [3.63, 3.8) is 0 Å². The summed E-state index contributed by atoms with van der Waals surface area (Å²) in [6.45, 7) is -0.788. The van der Waals surface area contributed by atoms with Gasteiger partial charge in [-0.15, -0.1) is 0 Å². The number of aliphatic carboxylic acids is 1. The summed E-state index contributed by atoms with van der Waals surface area (Å²) in [5, 5.41) is 19.5. The highest BCUT2D eigenvalue weighted by Gasteiger charge is 2.62. The third-order valence-electron chi connectivity index (χ3n) is 9.46. The van der Waals surface area contributed by atoms with Crippen LogP contribution in [-0.2, 0) is 4.79 Å². The highest BCUT2D eigenvalue weighted by Crippen LogP contribution is 2.60. The van der Waals surface area contributed by atoms with Gasteiger partial charge in [0.1, 0.15) is 17.6 Å². The van der Waals surface area contributed by atoms with Gasteiger partial charge in [0.15, 0.2) is 5.60 Å². The minimum Gasteiger partial charge on any atom is -0.493 e. The van der Waals surface area contributed by atoms with Gasteiger partial charge in [0.05, 0.1) is 18.7 Å². The standard InChI is InChI=1S/C27H31F4NO5/c28-20-7-22(37-13-25-8-14-3-15(9-25)5-16(4-14)10-25)18(17-1-2-17)6-19(20)23(33)32-12-26(36,27(29,30)31)11-21(32)24(34)35/h6-7,14-17,21,36H,1-5,8-13H2,(H,34,35)/t14?,15?,16?,21-,25?,26?/m0/s1. The molecule has 1 heterocycles. The Morgan fingerprint density at radius 2 is 1.62 bits per heavy atom. The van der Waals surface area contributed by atoms with E-state index >= 15 is 4.39 Å². The third kappa shape index (κ3) is 4.29. The first kappa shape index (κ1) is 24.9. The lowest BCUT2D eigenvalue weighted by molar-refractivity contribution is -0.253. The van der Waals surface area contributed by atoms with Gasteiger partial charge in [-0.05, 0) is 86.7 Å². The molecule has 6 fully saturated rings. The van der Waals surface area contributed by atoms with Gasteiger partial charge in [-0.2, -0.15) is 13.2 Å². The number of rotatable bonds is 6. The maximum Gasteiger partial charge on any atom is 0.419 e. The molecule has 0 spiro atoms. The molecule has 0 radical (unpaired) electrons. The van der Waals surface area contributed by atoms with E-state index in [2.05, 4.69) is 0 Å². The molecule has 6 aliphatic rings. The lowest BCUT2D eigenvalue weighted by atomic mass is 9.50. The van der Waals surface area contributed by atoms with Crippen molar-refractivity contribution < 1.29 is 42.1 Å². The summed E-state index contributed by atoms with van der Waals surface area (Å²) in [5.74, 6) is -1.24. The predicted molar refractivity (Wildman–Crippen MR) is 123 cm³/mol. The number of nitrogens with zero attached hydrogens (tertiary/aromatic N) is 1. The predicted octanol–water partition coefficient (Wildman–Crippen LogP) is 4.89. The van der Waals surface area contributed by atoms with E-state index in [0.717, 1.165) is 55.9 Å². The summed E-state index contributed by atoms with van der Waals surface area (Å²) >= 11 is 0. The Hall–Kier alpha value is -2.36. The Morgan fingerprint density at radius 1 is 1.03 bits per heavy atom. The highest BCUT2D eigenvalue weighted by molar-refractivity contribution is 5.98. The molecule has 5 aliphatic carbocycles. The Bertz CT molecular complexity index is 1100. The van der Waals surface area contributed by atoms with Crippen LogP contribution in [0.5, 0.6) is 5.75 Å². The molecule has 202 valence electrons. The molecule has 1 aromatic rings. The van der Waals surface area contributed by atoms with Crippen molar-refractivity contribution in [3.05, 3.63) is 29.1 Å². The molecular formula is C27H31F4NO5. The fourth-order valence-electron chi connectivity index (χ4n) is 7.95. The Morgan fingerprint density at radius 3 is 2.14 bits per heavy atom. The van der Waals surface area contributed by atoms with Crippen molar-refractivity contribution in [1.29, 1.82) is 0 Å². The highest BCUT2D eigenvalue weighted by atomic mass is 19.4. The van der Waals surface area contributed by atoms with E-state index in [9.17, 15) is 33.0 Å². The van der Waals surface area contributed by atoms with Gasteiger partial charge < -0.3 is 19.8 Å². The largest absolute Gasteiger partial charge is 0.493 e. The number of alkyl halides is 3. The van der Waals surface area contributed by atoms with Crippen LogP contribution < -0.4 is 4.74 Å². The number of ether oxygens (including phenoxy) is 1. The molecule has 5 saturated carbocycles. The van der Waals surface area contributed by atoms with Crippen LogP contribution in [-0.4, -0.2) is 58.0 Å². The number of likely N-dealkylation sites (tertiary alicyclic amines) is 1. The first-order valence-corrected chi connectivity index (χ1v) is 13.2. The zero-order valence-corrected chi connectivity index (χ0v) is 20.4. The number of carboxylic acid groups (broad SMARTS) is 1. The molecule has 7 rings (SSSR count). The third-order valence-corrected chi connectivity index (χ3v) is 9.46. The number of carbonyl (C=O) groups is 2. The molecule has 2 atom stereocenters. The lowest BCUT2D eigenvalue weighted by Gasteiger charge is -2.56. The quantitative estimate of drug-likeness (QED) is 0.517. The van der Waals surface area contributed by atoms with Gasteiger partial charge in [-0.3, -0.25) is 4.79 Å². The van der Waals surface area contributed by atoms with Crippen LogP contribution >= 0.6 is 0 Å². The van der Waals surface area contributed by atoms with Crippen molar-refractivity contribution in [3.8, 4) is 5.75 Å². The molecule has 37 heavy (non-hydrogen) atoms. The van der Waals surface area contributed by atoms with Crippen LogP contribution in [0.2, 0.25) is 0 Å². The molecule has 4 bridgehead atoms. The van der Waals surface area contributed by atoms with Crippen molar-refractivity contribution in [2.45, 2.75) is 81.5 Å². The molecule has 1 amide bonds. The maximum absolute atomic E-state index is 15.3. The number of β-amino-alcohol motifs (C(OH)–C–C–N with tert-alkyl or cyclic N) is 1. The molecule has 1 aliphatic heterocycles. The van der Waals surface area contributed by atoms with E-state index in [1.54, 1.807) is 0 Å². The van der Waals surface area contributed by atoms with Crippen molar-refractivity contribution in [1.82, 2.24) is 4.90 Å². The minimum absolute atomic E-state index is 0.0551. The second kappa shape index (κ2) is 8.32. The molecule has 1 aromatic carbocycles. The number of carboxylic acids is 1. The van der Waals surface area contributed by atoms with Gasteiger partial charge in [0.25, 0.3) is 5.91 Å². The van der Waals surface area contributed by atoms with E-state index in [-0.39, 0.29) is 11.3 Å². The normalized spacial score (nSPS) is 36.7. The Kier molecular flexibility index (Phi) is 5.61. The first-order valence-electron chi connectivity index (χ1n) is 13.2. The monoisotopic (exact) mass is 525 g/mol. The number of halogens is 4. The molecule has 10 heteroatoms. The van der Waals surface area contributed by atoms with E-state index in [1.807, 2.05) is 0 Å². The number of carbonyl (C=O) groups excluding carboxylic acids is 1. The number of hydrogen-bond acceptors (Lipinski definition) is 4. The van der Waals surface area contributed by atoms with Gasteiger partial charge in [0, 0.05) is 17.9 Å². The molecule has 0 aromatic heterocycles. The van der Waals surface area contributed by atoms with Gasteiger partial charge in [0.2, 0.25) is 0 Å². The smallest absolute Gasteiger partial charge is 0.419 e. The van der Waals surface area contributed by atoms with Crippen LogP contribution in [0.15, 0.2) is 12.1 Å². The van der Waals surface area contributed by atoms with Crippen molar-refractivity contribution in [2.75, 3.05) is 13.2 Å². The summed E-state index contributed by atoms with van der Waals surface area (Å²) in [6.07, 6.45) is 2.51. The zero-order valence-electron chi connectivity index (χ0n) is 20.4. The minimum atomic E-state index is -5.14. The van der Waals surface area contributed by atoms with Crippen LogP contribution in [0.1, 0.15) is 79.6 Å². The molecule has 1 saturated heterocycles. The van der Waals surface area contributed by atoms with Crippen LogP contribution in [0, 0.1) is 29.0 Å². The lowest BCUT2D eigenvalue weighted by Crippen LogP contribution is -2.48. The van der Waals surface area contributed by atoms with E-state index in [0.29, 0.717) is 22.8 Å². The number of aliphatic hydroxyl groups is 1. The summed E-state index contributed by atoms with van der Waals surface area (Å²) in [4.78, 5) is 25.3. The average molecular weight is 526 g/mol. The van der Waals surface area contributed by atoms with Gasteiger partial charge in [-0.1, -0.05) is 0 Å². The average Bonchev–Trinajstić information content (AvgIpc) is 3.56. The number of amides is 1. The first-order chi connectivity index (χ1) is 17.4. The fraction of sp³-hybridized carbons (Fsp3) is 0.704. The van der Waals surface area contributed by atoms with Crippen LogP contribution in [0.3, 0.4) is 0 Å².